The van der Waals surface area contributed by atoms with Crippen molar-refractivity contribution in [2.75, 3.05) is 13.6 Å². The number of nitrogens with zero attached hydrogens (tertiary/aromatic N) is 2. The summed E-state index contributed by atoms with van der Waals surface area (Å²) in [5.41, 5.74) is 2.12. The fourth-order valence-corrected chi connectivity index (χ4v) is 2.31. The molecule has 4 heteroatoms. The zero-order valence-corrected chi connectivity index (χ0v) is 12.3. The van der Waals surface area contributed by atoms with Crippen LogP contribution in [0, 0.1) is 18.8 Å². The van der Waals surface area contributed by atoms with E-state index in [1.165, 1.54) is 5.69 Å². The summed E-state index contributed by atoms with van der Waals surface area (Å²) in [6.45, 7) is 10.6. The maximum absolute atomic E-state index is 6.32. The Morgan fingerprint density at radius 3 is 2.53 bits per heavy atom. The lowest BCUT2D eigenvalue weighted by atomic mass is 9.91. The lowest BCUT2D eigenvalue weighted by Gasteiger charge is -2.20. The van der Waals surface area contributed by atoms with Gasteiger partial charge >= 0.3 is 0 Å². The van der Waals surface area contributed by atoms with Gasteiger partial charge in [-0.25, -0.2) is 0 Å². The highest BCUT2D eigenvalue weighted by molar-refractivity contribution is 6.31. The Kier molecular flexibility index (Phi) is 5.47. The molecule has 2 unspecified atom stereocenters. The van der Waals surface area contributed by atoms with Gasteiger partial charge in [-0.05, 0) is 45.7 Å². The van der Waals surface area contributed by atoms with Crippen LogP contribution >= 0.6 is 11.6 Å². The average molecular weight is 258 g/mol. The van der Waals surface area contributed by atoms with E-state index >= 15 is 0 Å². The molecule has 1 rings (SSSR count). The molecule has 0 saturated heterocycles. The molecule has 0 fully saturated rings. The normalized spacial score (nSPS) is 14.9. The Morgan fingerprint density at radius 2 is 2.00 bits per heavy atom. The Bertz CT molecular complexity index is 360. The van der Waals surface area contributed by atoms with E-state index in [0.717, 1.165) is 30.2 Å². The summed E-state index contributed by atoms with van der Waals surface area (Å²) in [5.74, 6) is 1.23. The molecule has 0 aliphatic heterocycles. The number of halogens is 1. The lowest BCUT2D eigenvalue weighted by Crippen LogP contribution is -2.24. The van der Waals surface area contributed by atoms with Crippen molar-refractivity contribution < 1.29 is 0 Å². The zero-order chi connectivity index (χ0) is 13.0. The Hall–Kier alpha value is -0.540. The molecular formula is C13H24ClN3. The summed E-state index contributed by atoms with van der Waals surface area (Å²) in [5, 5.41) is 8.53. The molecule has 0 aliphatic rings. The van der Waals surface area contributed by atoms with Crippen molar-refractivity contribution in [3.8, 4) is 0 Å². The van der Waals surface area contributed by atoms with Gasteiger partial charge in [-0.2, -0.15) is 5.10 Å². The Labute approximate surface area is 110 Å². The zero-order valence-electron chi connectivity index (χ0n) is 11.5. The number of hydrogen-bond acceptors (Lipinski definition) is 2. The minimum atomic E-state index is 0.598. The van der Waals surface area contributed by atoms with E-state index in [0.29, 0.717) is 11.8 Å². The molecule has 17 heavy (non-hydrogen) atoms. The number of hydrogen-bond donors (Lipinski definition) is 1. The van der Waals surface area contributed by atoms with Gasteiger partial charge in [0.05, 0.1) is 16.4 Å². The molecule has 0 spiro atoms. The van der Waals surface area contributed by atoms with Gasteiger partial charge in [-0.1, -0.05) is 25.4 Å². The molecule has 1 heterocycles. The standard InChI is InChI=1S/C13H24ClN3/c1-6-17-12(13(14)11(4)16-17)7-9(2)10(3)8-15-5/h9-10,15H,6-8H2,1-5H3. The number of rotatable bonds is 6. The maximum Gasteiger partial charge on any atom is 0.0847 e. The van der Waals surface area contributed by atoms with E-state index < -0.39 is 0 Å². The molecule has 0 aromatic carbocycles. The molecular weight excluding hydrogens is 234 g/mol. The highest BCUT2D eigenvalue weighted by Gasteiger charge is 2.18. The molecule has 0 saturated carbocycles. The van der Waals surface area contributed by atoms with Crippen molar-refractivity contribution in [1.29, 1.82) is 0 Å². The predicted octanol–water partition coefficient (Wildman–Crippen LogP) is 2.90. The third-order valence-electron chi connectivity index (χ3n) is 3.47. The van der Waals surface area contributed by atoms with Gasteiger partial charge in [-0.15, -0.1) is 0 Å². The molecule has 3 nitrogen and oxygen atoms in total. The van der Waals surface area contributed by atoms with E-state index in [4.69, 9.17) is 11.6 Å². The van der Waals surface area contributed by atoms with Crippen molar-refractivity contribution in [2.45, 2.75) is 40.7 Å². The second-order valence-corrected chi connectivity index (χ2v) is 5.26. The van der Waals surface area contributed by atoms with Gasteiger partial charge in [0.25, 0.3) is 0 Å². The first-order chi connectivity index (χ1) is 8.01. The Morgan fingerprint density at radius 1 is 1.35 bits per heavy atom. The Balaban J connectivity index is 2.80. The topological polar surface area (TPSA) is 29.9 Å². The fourth-order valence-electron chi connectivity index (χ4n) is 2.09. The molecule has 1 aromatic heterocycles. The van der Waals surface area contributed by atoms with E-state index in [1.807, 2.05) is 18.7 Å². The molecule has 0 radical (unpaired) electrons. The van der Waals surface area contributed by atoms with Crippen LogP contribution in [0.25, 0.3) is 0 Å². The van der Waals surface area contributed by atoms with Crippen molar-refractivity contribution in [3.63, 3.8) is 0 Å². The van der Waals surface area contributed by atoms with Crippen molar-refractivity contribution in [1.82, 2.24) is 15.1 Å². The van der Waals surface area contributed by atoms with Gasteiger partial charge in [0.2, 0.25) is 0 Å². The van der Waals surface area contributed by atoms with Crippen LogP contribution in [0.2, 0.25) is 5.02 Å². The number of aromatic nitrogens is 2. The monoisotopic (exact) mass is 257 g/mol. The molecule has 0 aliphatic carbocycles. The van der Waals surface area contributed by atoms with Crippen molar-refractivity contribution in [3.05, 3.63) is 16.4 Å². The second kappa shape index (κ2) is 6.41. The fraction of sp³-hybridized carbons (Fsp3) is 0.769. The van der Waals surface area contributed by atoms with Crippen LogP contribution in [0.5, 0.6) is 0 Å². The minimum absolute atomic E-state index is 0.598. The smallest absolute Gasteiger partial charge is 0.0847 e. The quantitative estimate of drug-likeness (QED) is 0.849. The first-order valence-electron chi connectivity index (χ1n) is 6.37. The molecule has 1 N–H and O–H groups in total. The second-order valence-electron chi connectivity index (χ2n) is 4.88. The SMILES string of the molecule is CCn1nc(C)c(Cl)c1CC(C)C(C)CNC. The lowest BCUT2D eigenvalue weighted by molar-refractivity contribution is 0.366. The van der Waals surface area contributed by atoms with Gasteiger partial charge in [-0.3, -0.25) is 4.68 Å². The molecule has 0 bridgehead atoms. The van der Waals surface area contributed by atoms with Crippen molar-refractivity contribution >= 4 is 11.6 Å². The highest BCUT2D eigenvalue weighted by Crippen LogP contribution is 2.25. The first-order valence-corrected chi connectivity index (χ1v) is 6.75. The third kappa shape index (κ3) is 3.46. The highest BCUT2D eigenvalue weighted by atomic mass is 35.5. The number of nitrogens with one attached hydrogen (secondary N) is 1. The summed E-state index contributed by atoms with van der Waals surface area (Å²) < 4.78 is 2.03. The largest absolute Gasteiger partial charge is 0.319 e. The summed E-state index contributed by atoms with van der Waals surface area (Å²) in [7, 11) is 2.00. The number of aryl methyl sites for hydroxylation is 2. The van der Waals surface area contributed by atoms with Crippen LogP contribution < -0.4 is 5.32 Å². The van der Waals surface area contributed by atoms with Crippen LogP contribution in [-0.4, -0.2) is 23.4 Å². The molecule has 1 aromatic rings. The predicted molar refractivity (Wildman–Crippen MR) is 73.6 cm³/mol. The van der Waals surface area contributed by atoms with E-state index in [-0.39, 0.29) is 0 Å². The molecule has 2 atom stereocenters. The summed E-state index contributed by atoms with van der Waals surface area (Å²) >= 11 is 6.32. The van der Waals surface area contributed by atoms with Crippen LogP contribution in [0.15, 0.2) is 0 Å². The third-order valence-corrected chi connectivity index (χ3v) is 3.96. The van der Waals surface area contributed by atoms with Crippen LogP contribution in [0.4, 0.5) is 0 Å². The van der Waals surface area contributed by atoms with Crippen LogP contribution in [0.3, 0.4) is 0 Å². The molecule has 0 amide bonds. The maximum atomic E-state index is 6.32. The van der Waals surface area contributed by atoms with Gasteiger partial charge in [0.1, 0.15) is 0 Å². The first kappa shape index (κ1) is 14.5. The van der Waals surface area contributed by atoms with Gasteiger partial charge in [0.15, 0.2) is 0 Å². The minimum Gasteiger partial charge on any atom is -0.319 e. The van der Waals surface area contributed by atoms with E-state index in [1.54, 1.807) is 0 Å². The van der Waals surface area contributed by atoms with Crippen LogP contribution in [-0.2, 0) is 13.0 Å². The summed E-state index contributed by atoms with van der Waals surface area (Å²) in [6, 6.07) is 0. The van der Waals surface area contributed by atoms with E-state index in [2.05, 4.69) is 31.2 Å². The average Bonchev–Trinajstić information content (AvgIpc) is 2.57. The summed E-state index contributed by atoms with van der Waals surface area (Å²) in [4.78, 5) is 0. The van der Waals surface area contributed by atoms with Gasteiger partial charge < -0.3 is 5.32 Å². The van der Waals surface area contributed by atoms with Crippen LogP contribution in [0.1, 0.15) is 32.2 Å². The summed E-state index contributed by atoms with van der Waals surface area (Å²) in [6.07, 6.45) is 0.996. The van der Waals surface area contributed by atoms with Crippen molar-refractivity contribution in [2.24, 2.45) is 11.8 Å². The van der Waals surface area contributed by atoms with Gasteiger partial charge in [0, 0.05) is 6.54 Å². The molecule has 98 valence electrons. The van der Waals surface area contributed by atoms with E-state index in [9.17, 15) is 0 Å².